The van der Waals surface area contributed by atoms with Crippen molar-refractivity contribution in [3.8, 4) is 0 Å². The van der Waals surface area contributed by atoms with Crippen LogP contribution in [0.25, 0.3) is 0 Å². The summed E-state index contributed by atoms with van der Waals surface area (Å²) in [7, 11) is 0. The van der Waals surface area contributed by atoms with E-state index in [1.807, 2.05) is 69.5 Å². The molecule has 47 heavy (non-hydrogen) atoms. The van der Waals surface area contributed by atoms with E-state index >= 15 is 0 Å². The minimum Gasteiger partial charge on any atom is -0.460 e. The van der Waals surface area contributed by atoms with E-state index in [-0.39, 0.29) is 23.7 Å². The van der Waals surface area contributed by atoms with Crippen LogP contribution in [0.2, 0.25) is 5.02 Å². The molecule has 0 N–H and O–H groups in total. The lowest BCUT2D eigenvalue weighted by Gasteiger charge is -2.34. The van der Waals surface area contributed by atoms with Crippen molar-refractivity contribution >= 4 is 35.1 Å². The molecule has 2 amide bonds. The summed E-state index contributed by atoms with van der Waals surface area (Å²) in [6, 6.07) is 5.90. The minimum atomic E-state index is -0.481. The van der Waals surface area contributed by atoms with Gasteiger partial charge >= 0.3 is 5.97 Å². The number of aryl methyl sites for hydroxylation is 3. The van der Waals surface area contributed by atoms with Crippen molar-refractivity contribution in [3.63, 3.8) is 0 Å². The van der Waals surface area contributed by atoms with Gasteiger partial charge in [-0.25, -0.2) is 9.97 Å². The summed E-state index contributed by atoms with van der Waals surface area (Å²) in [5.74, 6) is 0.862. The smallest absolute Gasteiger partial charge is 0.307 e. The van der Waals surface area contributed by atoms with Crippen LogP contribution >= 0.6 is 11.6 Å². The standard InChI is InChI=1S/C36H51ClN6O4/c1-24-8-9-30(18-31(24)37)43(34(45)27-10-15-40(16-11-27)17-12-32(44)47-36(4,5)6)14-7-13-41-19-28-21-42(22-29(28)20-41)35(46)33-25(2)38-23-39-26(33)3/h8-9,18,23,27-29H,7,10-17,19-22H2,1-6H3. The maximum Gasteiger partial charge on any atom is 0.307 e. The van der Waals surface area contributed by atoms with Gasteiger partial charge in [-0.05, 0) is 110 Å². The zero-order valence-electron chi connectivity index (χ0n) is 28.9. The number of hydrogen-bond donors (Lipinski definition) is 0. The molecule has 3 aliphatic heterocycles. The molecule has 11 heteroatoms. The van der Waals surface area contributed by atoms with Crippen LogP contribution in [0.3, 0.4) is 0 Å². The average Bonchev–Trinajstić information content (AvgIpc) is 3.58. The first kappa shape index (κ1) is 35.2. The molecule has 3 aliphatic rings. The Hall–Kier alpha value is -3.08. The normalized spacial score (nSPS) is 20.8. The number of rotatable bonds is 10. The lowest BCUT2D eigenvalue weighted by Crippen LogP contribution is -2.44. The minimum absolute atomic E-state index is 0.0429. The Labute approximate surface area is 284 Å². The summed E-state index contributed by atoms with van der Waals surface area (Å²) in [4.78, 5) is 56.7. The van der Waals surface area contributed by atoms with Gasteiger partial charge in [-0.1, -0.05) is 17.7 Å². The molecule has 5 rings (SSSR count). The molecule has 256 valence electrons. The maximum absolute atomic E-state index is 14.0. The Morgan fingerprint density at radius 2 is 1.57 bits per heavy atom. The van der Waals surface area contributed by atoms with E-state index in [1.54, 1.807) is 0 Å². The number of esters is 1. The van der Waals surface area contributed by atoms with E-state index in [2.05, 4.69) is 19.8 Å². The van der Waals surface area contributed by atoms with Crippen molar-refractivity contribution in [1.82, 2.24) is 24.7 Å². The molecule has 0 spiro atoms. The van der Waals surface area contributed by atoms with Gasteiger partial charge in [-0.2, -0.15) is 0 Å². The fourth-order valence-corrected chi connectivity index (χ4v) is 7.51. The van der Waals surface area contributed by atoms with Gasteiger partial charge in [0, 0.05) is 55.9 Å². The molecule has 3 fully saturated rings. The van der Waals surface area contributed by atoms with E-state index in [0.29, 0.717) is 41.9 Å². The number of fused-ring (bicyclic) bond motifs is 1. The summed E-state index contributed by atoms with van der Waals surface area (Å²) in [6.45, 7) is 18.6. The van der Waals surface area contributed by atoms with Crippen LogP contribution in [0, 0.1) is 38.5 Å². The van der Waals surface area contributed by atoms with Crippen LogP contribution in [-0.4, -0.2) is 107 Å². The van der Waals surface area contributed by atoms with E-state index in [0.717, 1.165) is 87.7 Å². The van der Waals surface area contributed by atoms with E-state index in [9.17, 15) is 14.4 Å². The number of nitrogens with zero attached hydrogens (tertiary/aromatic N) is 6. The summed E-state index contributed by atoms with van der Waals surface area (Å²) in [6.07, 6.45) is 4.26. The number of benzene rings is 1. The first-order chi connectivity index (χ1) is 22.3. The number of anilines is 1. The highest BCUT2D eigenvalue weighted by Crippen LogP contribution is 2.33. The number of likely N-dealkylation sites (tertiary alicyclic amines) is 3. The fraction of sp³-hybridized carbons (Fsp3) is 0.639. The van der Waals surface area contributed by atoms with Crippen LogP contribution in [0.1, 0.15) is 73.8 Å². The van der Waals surface area contributed by atoms with Crippen molar-refractivity contribution in [2.24, 2.45) is 17.8 Å². The van der Waals surface area contributed by atoms with Gasteiger partial charge < -0.3 is 24.3 Å². The molecule has 2 atom stereocenters. The molecule has 10 nitrogen and oxygen atoms in total. The molecule has 0 bridgehead atoms. The topological polar surface area (TPSA) is 99.2 Å². The Morgan fingerprint density at radius 1 is 0.936 bits per heavy atom. The van der Waals surface area contributed by atoms with Gasteiger partial charge in [-0.3, -0.25) is 14.4 Å². The van der Waals surface area contributed by atoms with E-state index < -0.39 is 5.60 Å². The maximum atomic E-state index is 14.0. The van der Waals surface area contributed by atoms with Crippen molar-refractivity contribution in [1.29, 1.82) is 0 Å². The second kappa shape index (κ2) is 15.0. The van der Waals surface area contributed by atoms with Crippen LogP contribution in [0.15, 0.2) is 24.5 Å². The summed E-state index contributed by atoms with van der Waals surface area (Å²) in [5, 5.41) is 0.663. The zero-order chi connectivity index (χ0) is 33.9. The third-order valence-electron chi connectivity index (χ3n) is 9.87. The molecule has 1 aromatic carbocycles. The van der Waals surface area contributed by atoms with Gasteiger partial charge in [0.2, 0.25) is 5.91 Å². The number of ether oxygens (including phenoxy) is 1. The summed E-state index contributed by atoms with van der Waals surface area (Å²) >= 11 is 6.52. The fourth-order valence-electron chi connectivity index (χ4n) is 7.33. The zero-order valence-corrected chi connectivity index (χ0v) is 29.7. The third kappa shape index (κ3) is 8.89. The average molecular weight is 667 g/mol. The molecule has 2 unspecified atom stereocenters. The number of carbonyl (C=O) groups excluding carboxylic acids is 3. The van der Waals surface area contributed by atoms with Gasteiger partial charge in [0.05, 0.1) is 23.4 Å². The highest BCUT2D eigenvalue weighted by molar-refractivity contribution is 6.31. The SMILES string of the molecule is Cc1ccc(N(CCCN2CC3CN(C(=O)c4c(C)ncnc4C)CC3C2)C(=O)C2CCN(CCC(=O)OC(C)(C)C)CC2)cc1Cl. The number of hydrogen-bond acceptors (Lipinski definition) is 8. The first-order valence-electron chi connectivity index (χ1n) is 17.1. The lowest BCUT2D eigenvalue weighted by molar-refractivity contribution is -0.155. The highest BCUT2D eigenvalue weighted by atomic mass is 35.5. The third-order valence-corrected chi connectivity index (χ3v) is 10.3. The van der Waals surface area contributed by atoms with Gasteiger partial charge in [-0.15, -0.1) is 0 Å². The second-order valence-corrected chi connectivity index (χ2v) is 15.0. The number of piperidine rings is 1. The highest BCUT2D eigenvalue weighted by Gasteiger charge is 2.42. The van der Waals surface area contributed by atoms with E-state index in [1.165, 1.54) is 6.33 Å². The first-order valence-corrected chi connectivity index (χ1v) is 17.5. The van der Waals surface area contributed by atoms with Crippen molar-refractivity contribution in [2.75, 3.05) is 63.8 Å². The molecule has 3 saturated heterocycles. The molecule has 0 radical (unpaired) electrons. The number of amides is 2. The van der Waals surface area contributed by atoms with Crippen LogP contribution in [0.5, 0.6) is 0 Å². The van der Waals surface area contributed by atoms with Crippen LogP contribution < -0.4 is 4.90 Å². The van der Waals surface area contributed by atoms with Crippen molar-refractivity contribution in [3.05, 3.63) is 52.1 Å². The number of halogens is 1. The molecule has 2 aromatic rings. The Bertz CT molecular complexity index is 1420. The molecule has 0 aliphatic carbocycles. The van der Waals surface area contributed by atoms with Crippen molar-refractivity contribution in [2.45, 2.75) is 72.8 Å². The number of aromatic nitrogens is 2. The van der Waals surface area contributed by atoms with Crippen molar-refractivity contribution < 1.29 is 19.1 Å². The molecule has 4 heterocycles. The monoisotopic (exact) mass is 666 g/mol. The molecule has 1 aromatic heterocycles. The largest absolute Gasteiger partial charge is 0.460 e. The Kier molecular flexibility index (Phi) is 11.2. The Balaban J connectivity index is 1.13. The predicted molar refractivity (Wildman–Crippen MR) is 184 cm³/mol. The summed E-state index contributed by atoms with van der Waals surface area (Å²) < 4.78 is 5.46. The molecular weight excluding hydrogens is 616 g/mol. The quantitative estimate of drug-likeness (QED) is 0.330. The number of carbonyl (C=O) groups is 3. The summed E-state index contributed by atoms with van der Waals surface area (Å²) in [5.41, 5.74) is 3.46. The lowest BCUT2D eigenvalue weighted by atomic mass is 9.94. The second-order valence-electron chi connectivity index (χ2n) is 14.6. The molecular formula is C36H51ClN6O4. The van der Waals surface area contributed by atoms with Crippen LogP contribution in [0.4, 0.5) is 5.69 Å². The van der Waals surface area contributed by atoms with Gasteiger partial charge in [0.1, 0.15) is 11.9 Å². The van der Waals surface area contributed by atoms with Gasteiger partial charge in [0.25, 0.3) is 5.91 Å². The molecule has 0 saturated carbocycles. The van der Waals surface area contributed by atoms with Crippen LogP contribution in [-0.2, 0) is 14.3 Å². The van der Waals surface area contributed by atoms with E-state index in [4.69, 9.17) is 16.3 Å². The Morgan fingerprint density at radius 3 is 2.17 bits per heavy atom. The van der Waals surface area contributed by atoms with Gasteiger partial charge in [0.15, 0.2) is 0 Å². The predicted octanol–water partition coefficient (Wildman–Crippen LogP) is 4.93.